The molecule has 0 saturated heterocycles. The standard InChI is InChI=1S/C33H42N6O3/c1-6-7-16-38-18-15-29(25-11-8-12-26(20-25)42-19-10-17-39-22-34-21-35-39)31(32(38)40)37-33(41)36-30-27(23(2)3)13-9-14-28(30)24(4)5/h8-9,11-15,18,20-24H,6-7,10,16-17,19H2,1-5H3,(H2,36,37,41). The van der Waals surface area contributed by atoms with E-state index in [2.05, 4.69) is 55.3 Å². The molecular weight excluding hydrogens is 528 g/mol. The summed E-state index contributed by atoms with van der Waals surface area (Å²) in [6, 6.07) is 15.1. The lowest BCUT2D eigenvalue weighted by atomic mass is 9.93. The molecule has 2 aromatic heterocycles. The molecule has 222 valence electrons. The van der Waals surface area contributed by atoms with E-state index in [1.165, 1.54) is 6.33 Å². The maximum atomic E-state index is 13.7. The normalized spacial score (nSPS) is 11.2. The molecular formula is C33H42N6O3. The number of nitrogens with one attached hydrogen (secondary N) is 2. The molecule has 0 spiro atoms. The number of aryl methyl sites for hydroxylation is 2. The molecule has 0 aliphatic carbocycles. The molecule has 0 bridgehead atoms. The van der Waals surface area contributed by atoms with E-state index in [0.29, 0.717) is 31.0 Å². The Balaban J connectivity index is 1.61. The fourth-order valence-corrected chi connectivity index (χ4v) is 4.91. The Morgan fingerprint density at radius 2 is 1.64 bits per heavy atom. The van der Waals surface area contributed by atoms with Crippen LogP contribution in [-0.4, -0.2) is 32.0 Å². The number of para-hydroxylation sites is 1. The van der Waals surface area contributed by atoms with Crippen molar-refractivity contribution in [2.45, 2.75) is 78.8 Å². The second-order valence-electron chi connectivity index (χ2n) is 11.0. The van der Waals surface area contributed by atoms with Gasteiger partial charge in [-0.25, -0.2) is 9.78 Å². The van der Waals surface area contributed by atoms with E-state index in [4.69, 9.17) is 4.74 Å². The number of hydrogen-bond donors (Lipinski definition) is 2. The highest BCUT2D eigenvalue weighted by molar-refractivity contribution is 6.03. The van der Waals surface area contributed by atoms with Crippen molar-refractivity contribution in [3.8, 4) is 16.9 Å². The van der Waals surface area contributed by atoms with E-state index in [0.717, 1.165) is 41.6 Å². The number of pyridine rings is 1. The number of benzene rings is 2. The Labute approximate surface area is 248 Å². The third kappa shape index (κ3) is 7.66. The molecule has 2 aromatic carbocycles. The smallest absolute Gasteiger partial charge is 0.323 e. The Morgan fingerprint density at radius 3 is 2.31 bits per heavy atom. The van der Waals surface area contributed by atoms with Crippen molar-refractivity contribution in [1.82, 2.24) is 19.3 Å². The van der Waals surface area contributed by atoms with Gasteiger partial charge in [0.2, 0.25) is 0 Å². The fourth-order valence-electron chi connectivity index (χ4n) is 4.91. The molecule has 0 aliphatic heterocycles. The van der Waals surface area contributed by atoms with Crippen LogP contribution < -0.4 is 20.9 Å². The Hall–Kier alpha value is -4.40. The summed E-state index contributed by atoms with van der Waals surface area (Å²) in [6.45, 7) is 12.3. The zero-order valence-corrected chi connectivity index (χ0v) is 25.3. The minimum Gasteiger partial charge on any atom is -0.494 e. The van der Waals surface area contributed by atoms with Gasteiger partial charge < -0.3 is 19.9 Å². The molecule has 0 aliphatic rings. The zero-order valence-electron chi connectivity index (χ0n) is 25.3. The summed E-state index contributed by atoms with van der Waals surface area (Å²) in [5.41, 5.74) is 4.32. The number of ether oxygens (including phenoxy) is 1. The number of anilines is 2. The second-order valence-corrected chi connectivity index (χ2v) is 11.0. The summed E-state index contributed by atoms with van der Waals surface area (Å²) in [4.78, 5) is 31.2. The minimum absolute atomic E-state index is 0.219. The molecule has 2 amide bonds. The van der Waals surface area contributed by atoms with Gasteiger partial charge in [-0.2, -0.15) is 5.10 Å². The van der Waals surface area contributed by atoms with E-state index in [1.807, 2.05) is 48.5 Å². The highest BCUT2D eigenvalue weighted by Gasteiger charge is 2.19. The largest absolute Gasteiger partial charge is 0.494 e. The Bertz CT molecular complexity index is 1500. The second kappa shape index (κ2) is 14.5. The summed E-state index contributed by atoms with van der Waals surface area (Å²) in [5, 5.41) is 10.1. The third-order valence-electron chi connectivity index (χ3n) is 7.18. The monoisotopic (exact) mass is 570 g/mol. The van der Waals surface area contributed by atoms with Crippen LogP contribution in [0, 0.1) is 0 Å². The van der Waals surface area contributed by atoms with Gasteiger partial charge in [0.15, 0.2) is 0 Å². The van der Waals surface area contributed by atoms with Crippen LogP contribution in [-0.2, 0) is 13.1 Å². The van der Waals surface area contributed by atoms with Crippen LogP contribution in [0.25, 0.3) is 11.1 Å². The van der Waals surface area contributed by atoms with E-state index in [-0.39, 0.29) is 23.1 Å². The lowest BCUT2D eigenvalue weighted by Crippen LogP contribution is -2.29. The van der Waals surface area contributed by atoms with Crippen molar-refractivity contribution in [1.29, 1.82) is 0 Å². The van der Waals surface area contributed by atoms with Gasteiger partial charge in [0, 0.05) is 37.0 Å². The molecule has 42 heavy (non-hydrogen) atoms. The molecule has 0 saturated carbocycles. The topological polar surface area (TPSA) is 103 Å². The number of amides is 2. The highest BCUT2D eigenvalue weighted by Crippen LogP contribution is 2.33. The van der Waals surface area contributed by atoms with Gasteiger partial charge in [0.1, 0.15) is 24.1 Å². The number of rotatable bonds is 13. The summed E-state index contributed by atoms with van der Waals surface area (Å²) >= 11 is 0. The summed E-state index contributed by atoms with van der Waals surface area (Å²) in [5.74, 6) is 1.12. The van der Waals surface area contributed by atoms with Gasteiger partial charge in [-0.1, -0.05) is 71.4 Å². The molecule has 9 nitrogen and oxygen atoms in total. The number of hydrogen-bond acceptors (Lipinski definition) is 5. The maximum Gasteiger partial charge on any atom is 0.323 e. The maximum absolute atomic E-state index is 13.7. The SMILES string of the molecule is CCCCn1ccc(-c2cccc(OCCCn3cncn3)c2)c(NC(=O)Nc2c(C(C)C)cccc2C(C)C)c1=O. The van der Waals surface area contributed by atoms with Crippen LogP contribution in [0.5, 0.6) is 5.75 Å². The number of carbonyl (C=O) groups excluding carboxylic acids is 1. The van der Waals surface area contributed by atoms with E-state index in [9.17, 15) is 9.59 Å². The average Bonchev–Trinajstić information content (AvgIpc) is 3.49. The first-order chi connectivity index (χ1) is 20.3. The van der Waals surface area contributed by atoms with Crippen LogP contribution in [0.1, 0.15) is 76.8 Å². The van der Waals surface area contributed by atoms with Crippen molar-refractivity contribution in [3.63, 3.8) is 0 Å². The van der Waals surface area contributed by atoms with E-state index >= 15 is 0 Å². The first-order valence-electron chi connectivity index (χ1n) is 14.8. The first-order valence-corrected chi connectivity index (χ1v) is 14.8. The van der Waals surface area contributed by atoms with Gasteiger partial charge in [-0.15, -0.1) is 0 Å². The highest BCUT2D eigenvalue weighted by atomic mass is 16.5. The number of carbonyl (C=O) groups is 1. The third-order valence-corrected chi connectivity index (χ3v) is 7.18. The zero-order chi connectivity index (χ0) is 30.1. The van der Waals surface area contributed by atoms with Gasteiger partial charge >= 0.3 is 6.03 Å². The summed E-state index contributed by atoms with van der Waals surface area (Å²) in [6.07, 6.45) is 7.58. The first kappa shape index (κ1) is 30.6. The molecule has 0 fully saturated rings. The molecule has 0 unspecified atom stereocenters. The Morgan fingerprint density at radius 1 is 0.929 bits per heavy atom. The van der Waals surface area contributed by atoms with Crippen LogP contribution in [0.15, 0.2) is 72.2 Å². The van der Waals surface area contributed by atoms with Crippen molar-refractivity contribution in [3.05, 3.63) is 88.9 Å². The number of urea groups is 1. The molecule has 0 radical (unpaired) electrons. The predicted octanol–water partition coefficient (Wildman–Crippen LogP) is 7.27. The molecule has 4 aromatic rings. The van der Waals surface area contributed by atoms with Crippen molar-refractivity contribution in [2.75, 3.05) is 17.2 Å². The van der Waals surface area contributed by atoms with E-state index in [1.54, 1.807) is 21.8 Å². The van der Waals surface area contributed by atoms with Crippen molar-refractivity contribution in [2.24, 2.45) is 0 Å². The van der Waals surface area contributed by atoms with Crippen molar-refractivity contribution >= 4 is 17.4 Å². The number of unbranched alkanes of at least 4 members (excludes halogenated alkanes) is 1. The van der Waals surface area contributed by atoms with Crippen molar-refractivity contribution < 1.29 is 9.53 Å². The Kier molecular flexibility index (Phi) is 10.5. The van der Waals surface area contributed by atoms with Gasteiger partial charge in [-0.05, 0) is 53.1 Å². The summed E-state index contributed by atoms with van der Waals surface area (Å²) in [7, 11) is 0. The lowest BCUT2D eigenvalue weighted by molar-refractivity contribution is 0.262. The molecule has 0 atom stereocenters. The average molecular weight is 571 g/mol. The number of aromatic nitrogens is 4. The van der Waals surface area contributed by atoms with Gasteiger partial charge in [0.25, 0.3) is 5.56 Å². The van der Waals surface area contributed by atoms with Crippen LogP contribution in [0.4, 0.5) is 16.2 Å². The molecule has 4 rings (SSSR count). The molecule has 9 heteroatoms. The minimum atomic E-state index is -0.447. The molecule has 2 heterocycles. The van der Waals surface area contributed by atoms with Crippen LogP contribution in [0.2, 0.25) is 0 Å². The fraction of sp³-hybridized carbons (Fsp3) is 0.394. The molecule has 2 N–H and O–H groups in total. The lowest BCUT2D eigenvalue weighted by Gasteiger charge is -2.21. The number of nitrogens with zero attached hydrogens (tertiary/aromatic N) is 4. The van der Waals surface area contributed by atoms with Crippen LogP contribution >= 0.6 is 0 Å². The summed E-state index contributed by atoms with van der Waals surface area (Å²) < 4.78 is 9.43. The van der Waals surface area contributed by atoms with Gasteiger partial charge in [-0.3, -0.25) is 9.48 Å². The van der Waals surface area contributed by atoms with Crippen LogP contribution in [0.3, 0.4) is 0 Å². The predicted molar refractivity (Wildman–Crippen MR) is 168 cm³/mol. The quantitative estimate of drug-likeness (QED) is 0.165. The van der Waals surface area contributed by atoms with E-state index < -0.39 is 6.03 Å². The van der Waals surface area contributed by atoms with Gasteiger partial charge in [0.05, 0.1) is 6.61 Å².